The van der Waals surface area contributed by atoms with Gasteiger partial charge in [-0.1, -0.05) is 18.2 Å². The first kappa shape index (κ1) is 28.8. The van der Waals surface area contributed by atoms with Crippen molar-refractivity contribution in [2.75, 3.05) is 19.1 Å². The topological polar surface area (TPSA) is 87.7 Å². The Balaban J connectivity index is 3.34. The number of ether oxygens (including phenoxy) is 1. The fourth-order valence-electron chi connectivity index (χ4n) is 3.35. The van der Waals surface area contributed by atoms with Crippen LogP contribution in [0.3, 0.4) is 0 Å². The van der Waals surface area contributed by atoms with Crippen molar-refractivity contribution in [3.05, 3.63) is 34.9 Å². The van der Waals surface area contributed by atoms with E-state index >= 15 is 0 Å². The molecule has 0 aliphatic rings. The number of benzene rings is 1. The van der Waals surface area contributed by atoms with Gasteiger partial charge in [0, 0.05) is 12.6 Å². The minimum absolute atomic E-state index is 0.270. The second kappa shape index (κ2) is 11.8. The maximum Gasteiger partial charge on any atom is 0.408 e. The number of carbonyl (C=O) groups is 3. The van der Waals surface area contributed by atoms with Crippen LogP contribution in [0.25, 0.3) is 0 Å². The highest BCUT2D eigenvalue weighted by atomic mass is 32.2. The molecule has 0 spiro atoms. The standard InChI is InChI=1S/C25H41N3O4S/c1-16-12-11-13-18(17(16)2)20(21(29)27-24(3,4)5)28(9)22(30)19(14-15-33-10)26-23(31)32-25(6,7)8/h11-13,19-20H,14-15H2,1-10H3,(H,26,31)(H,27,29). The van der Waals surface area contributed by atoms with Crippen molar-refractivity contribution in [1.29, 1.82) is 0 Å². The molecule has 0 heterocycles. The van der Waals surface area contributed by atoms with Crippen LogP contribution in [0.1, 0.15) is 70.7 Å². The first-order valence-electron chi connectivity index (χ1n) is 11.2. The van der Waals surface area contributed by atoms with Gasteiger partial charge in [-0.15, -0.1) is 0 Å². The normalized spacial score (nSPS) is 13.6. The van der Waals surface area contributed by atoms with Crippen molar-refractivity contribution in [3.8, 4) is 0 Å². The van der Waals surface area contributed by atoms with Crippen LogP contribution in [0.4, 0.5) is 4.79 Å². The number of hydrogen-bond acceptors (Lipinski definition) is 5. The molecule has 0 aliphatic carbocycles. The van der Waals surface area contributed by atoms with E-state index < -0.39 is 29.3 Å². The Labute approximate surface area is 203 Å². The van der Waals surface area contributed by atoms with Crippen LogP contribution in [0.2, 0.25) is 0 Å². The molecule has 0 fully saturated rings. The molecule has 33 heavy (non-hydrogen) atoms. The van der Waals surface area contributed by atoms with Crippen molar-refractivity contribution in [3.63, 3.8) is 0 Å². The number of amides is 3. The van der Waals surface area contributed by atoms with Crippen LogP contribution in [-0.4, -0.2) is 59.0 Å². The van der Waals surface area contributed by atoms with Gasteiger partial charge in [0.2, 0.25) is 11.8 Å². The van der Waals surface area contributed by atoms with Gasteiger partial charge in [-0.05, 0) is 90.5 Å². The van der Waals surface area contributed by atoms with Crippen molar-refractivity contribution in [1.82, 2.24) is 15.5 Å². The molecule has 2 N–H and O–H groups in total. The third kappa shape index (κ3) is 9.27. The average molecular weight is 480 g/mol. The summed E-state index contributed by atoms with van der Waals surface area (Å²) in [5, 5.41) is 5.72. The van der Waals surface area contributed by atoms with E-state index in [1.165, 1.54) is 4.90 Å². The summed E-state index contributed by atoms with van der Waals surface area (Å²) >= 11 is 1.58. The lowest BCUT2D eigenvalue weighted by Crippen LogP contribution is -2.53. The molecule has 0 saturated heterocycles. The number of rotatable bonds is 8. The zero-order valence-corrected chi connectivity index (χ0v) is 22.6. The molecule has 0 aromatic heterocycles. The molecule has 1 rings (SSSR count). The van der Waals surface area contributed by atoms with Gasteiger partial charge in [-0.2, -0.15) is 11.8 Å². The van der Waals surface area contributed by atoms with Gasteiger partial charge < -0.3 is 20.3 Å². The van der Waals surface area contributed by atoms with E-state index in [1.54, 1.807) is 39.6 Å². The van der Waals surface area contributed by atoms with Crippen molar-refractivity contribution < 1.29 is 19.1 Å². The van der Waals surface area contributed by atoms with E-state index in [1.807, 2.05) is 59.1 Å². The lowest BCUT2D eigenvalue weighted by molar-refractivity contribution is -0.141. The van der Waals surface area contributed by atoms with Gasteiger partial charge in [0.25, 0.3) is 0 Å². The average Bonchev–Trinajstić information content (AvgIpc) is 2.65. The van der Waals surface area contributed by atoms with Gasteiger partial charge in [0.15, 0.2) is 0 Å². The Morgan fingerprint density at radius 1 is 1.09 bits per heavy atom. The van der Waals surface area contributed by atoms with E-state index in [4.69, 9.17) is 4.74 Å². The number of likely N-dealkylation sites (N-methyl/N-ethyl adjacent to an activating group) is 1. The minimum atomic E-state index is -0.839. The molecular formula is C25H41N3O4S. The highest BCUT2D eigenvalue weighted by Gasteiger charge is 2.35. The van der Waals surface area contributed by atoms with E-state index in [0.717, 1.165) is 16.7 Å². The maximum absolute atomic E-state index is 13.6. The van der Waals surface area contributed by atoms with Crippen LogP contribution in [0.15, 0.2) is 18.2 Å². The Morgan fingerprint density at radius 3 is 2.21 bits per heavy atom. The summed E-state index contributed by atoms with van der Waals surface area (Å²) in [6.07, 6.45) is 1.70. The van der Waals surface area contributed by atoms with Crippen LogP contribution >= 0.6 is 11.8 Å². The molecule has 0 saturated carbocycles. The van der Waals surface area contributed by atoms with E-state index in [-0.39, 0.29) is 11.8 Å². The first-order valence-corrected chi connectivity index (χ1v) is 12.6. The molecule has 2 atom stereocenters. The number of nitrogens with one attached hydrogen (secondary N) is 2. The maximum atomic E-state index is 13.6. The van der Waals surface area contributed by atoms with E-state index in [2.05, 4.69) is 10.6 Å². The Bertz CT molecular complexity index is 843. The molecular weight excluding hydrogens is 438 g/mol. The number of nitrogens with zero attached hydrogens (tertiary/aromatic N) is 1. The van der Waals surface area contributed by atoms with Crippen molar-refractivity contribution in [2.24, 2.45) is 0 Å². The molecule has 0 aliphatic heterocycles. The second-order valence-electron chi connectivity index (χ2n) is 10.4. The van der Waals surface area contributed by atoms with Gasteiger partial charge >= 0.3 is 6.09 Å². The fraction of sp³-hybridized carbons (Fsp3) is 0.640. The molecule has 3 amide bonds. The van der Waals surface area contributed by atoms with E-state index in [0.29, 0.717) is 12.2 Å². The van der Waals surface area contributed by atoms with Crippen LogP contribution in [-0.2, 0) is 14.3 Å². The largest absolute Gasteiger partial charge is 0.444 e. The number of aryl methyl sites for hydroxylation is 1. The number of alkyl carbamates (subject to hydrolysis) is 1. The van der Waals surface area contributed by atoms with Gasteiger partial charge in [-0.25, -0.2) is 4.79 Å². The molecule has 186 valence electrons. The van der Waals surface area contributed by atoms with Crippen LogP contribution < -0.4 is 10.6 Å². The third-order valence-corrected chi connectivity index (χ3v) is 5.67. The SMILES string of the molecule is CSCCC(NC(=O)OC(C)(C)C)C(=O)N(C)C(C(=O)NC(C)(C)C)c1cccc(C)c1C. The molecule has 2 unspecified atom stereocenters. The molecule has 1 aromatic carbocycles. The minimum Gasteiger partial charge on any atom is -0.444 e. The monoisotopic (exact) mass is 479 g/mol. The second-order valence-corrected chi connectivity index (χ2v) is 11.3. The number of thioether (sulfide) groups is 1. The number of hydrogen-bond donors (Lipinski definition) is 2. The summed E-state index contributed by atoms with van der Waals surface area (Å²) in [5.74, 6) is 0.0559. The number of carbonyl (C=O) groups excluding carboxylic acids is 3. The van der Waals surface area contributed by atoms with Crippen LogP contribution in [0, 0.1) is 13.8 Å². The Kier molecular flexibility index (Phi) is 10.3. The zero-order chi connectivity index (χ0) is 25.6. The fourth-order valence-corrected chi connectivity index (χ4v) is 3.82. The van der Waals surface area contributed by atoms with E-state index in [9.17, 15) is 14.4 Å². The zero-order valence-electron chi connectivity index (χ0n) is 21.8. The summed E-state index contributed by atoms with van der Waals surface area (Å²) in [6, 6.07) is 4.08. The molecule has 1 aromatic rings. The molecule has 8 heteroatoms. The predicted octanol–water partition coefficient (Wildman–Crippen LogP) is 4.36. The summed E-state index contributed by atoms with van der Waals surface area (Å²) < 4.78 is 5.36. The summed E-state index contributed by atoms with van der Waals surface area (Å²) in [4.78, 5) is 40.9. The molecule has 0 radical (unpaired) electrons. The summed E-state index contributed by atoms with van der Waals surface area (Å²) in [5.41, 5.74) is 1.59. The van der Waals surface area contributed by atoms with Crippen molar-refractivity contribution >= 4 is 29.7 Å². The first-order chi connectivity index (χ1) is 15.1. The summed E-state index contributed by atoms with van der Waals surface area (Å²) in [6.45, 7) is 14.9. The van der Waals surface area contributed by atoms with Crippen molar-refractivity contribution in [2.45, 2.75) is 85.0 Å². The van der Waals surface area contributed by atoms with Gasteiger partial charge in [0.05, 0.1) is 0 Å². The highest BCUT2D eigenvalue weighted by Crippen LogP contribution is 2.27. The van der Waals surface area contributed by atoms with Crippen LogP contribution in [0.5, 0.6) is 0 Å². The summed E-state index contributed by atoms with van der Waals surface area (Å²) in [7, 11) is 1.61. The molecule has 7 nitrogen and oxygen atoms in total. The third-order valence-electron chi connectivity index (χ3n) is 5.02. The highest BCUT2D eigenvalue weighted by molar-refractivity contribution is 7.98. The quantitative estimate of drug-likeness (QED) is 0.578. The smallest absolute Gasteiger partial charge is 0.408 e. The molecule has 0 bridgehead atoms. The van der Waals surface area contributed by atoms with Gasteiger partial charge in [0.1, 0.15) is 17.7 Å². The Hall–Kier alpha value is -2.22. The lowest BCUT2D eigenvalue weighted by atomic mass is 9.94. The lowest BCUT2D eigenvalue weighted by Gasteiger charge is -2.34. The van der Waals surface area contributed by atoms with Gasteiger partial charge in [-0.3, -0.25) is 9.59 Å². The Morgan fingerprint density at radius 2 is 1.70 bits per heavy atom. The predicted molar refractivity (Wildman–Crippen MR) is 135 cm³/mol.